The third-order valence-electron chi connectivity index (χ3n) is 7.15. The van der Waals surface area contributed by atoms with E-state index in [0.29, 0.717) is 17.9 Å². The van der Waals surface area contributed by atoms with Gasteiger partial charge in [0.2, 0.25) is 0 Å². The van der Waals surface area contributed by atoms with Crippen molar-refractivity contribution in [1.29, 1.82) is 0 Å². The molecule has 0 atom stereocenters. The number of aromatic nitrogens is 3. The van der Waals surface area contributed by atoms with Gasteiger partial charge >= 0.3 is 0 Å². The number of rotatable bonds is 5. The molecule has 2 aliphatic carbocycles. The Morgan fingerprint density at radius 2 is 2.12 bits per heavy atom. The van der Waals surface area contributed by atoms with E-state index in [0.717, 1.165) is 43.0 Å². The molecule has 0 unspecified atom stereocenters. The zero-order chi connectivity index (χ0) is 22.1. The van der Waals surface area contributed by atoms with Gasteiger partial charge in [-0.05, 0) is 44.4 Å². The van der Waals surface area contributed by atoms with Crippen LogP contribution in [0.1, 0.15) is 49.4 Å². The average molecular weight is 434 g/mol. The first kappa shape index (κ1) is 19.5. The number of aryl methyl sites for hydroxylation is 1. The van der Waals surface area contributed by atoms with E-state index in [1.54, 1.807) is 25.4 Å². The van der Waals surface area contributed by atoms with E-state index in [9.17, 15) is 9.59 Å². The van der Waals surface area contributed by atoms with Crippen molar-refractivity contribution in [3.05, 3.63) is 52.6 Å². The number of carbonyl (C=O) groups is 1. The molecule has 7 rings (SSSR count). The second kappa shape index (κ2) is 6.68. The smallest absolute Gasteiger partial charge is 0.274 e. The number of ether oxygens (including phenoxy) is 2. The standard InChI is InChI=1S/C24H26N4O4/c1-23-12-24(13-23,14-31-23)28-11-15-9-17(20(10-19(15)26-28)32-16-5-3-6-16)21(29)25-18-7-4-8-27(2)22(18)30/h4,7-11,16H,3,5-6,12-14H2,1-2H3,(H,25,29). The summed E-state index contributed by atoms with van der Waals surface area (Å²) < 4.78 is 15.5. The van der Waals surface area contributed by atoms with E-state index in [1.807, 2.05) is 23.0 Å². The highest BCUT2D eigenvalue weighted by molar-refractivity contribution is 6.08. The molecule has 2 bridgehead atoms. The maximum absolute atomic E-state index is 13.2. The van der Waals surface area contributed by atoms with E-state index >= 15 is 0 Å². The fourth-order valence-electron chi connectivity index (χ4n) is 5.20. The normalized spacial score (nSPS) is 26.6. The van der Waals surface area contributed by atoms with Crippen molar-refractivity contribution in [1.82, 2.24) is 14.3 Å². The van der Waals surface area contributed by atoms with Crippen LogP contribution in [0.15, 0.2) is 41.5 Å². The molecular formula is C24H26N4O4. The van der Waals surface area contributed by atoms with Crippen LogP contribution >= 0.6 is 0 Å². The molecule has 8 nitrogen and oxygen atoms in total. The highest BCUT2D eigenvalue weighted by Crippen LogP contribution is 2.55. The van der Waals surface area contributed by atoms with Crippen LogP contribution in [-0.2, 0) is 17.3 Å². The lowest BCUT2D eigenvalue weighted by atomic mass is 9.69. The van der Waals surface area contributed by atoms with Crippen LogP contribution in [0.4, 0.5) is 5.69 Å². The first-order valence-corrected chi connectivity index (χ1v) is 11.2. The summed E-state index contributed by atoms with van der Waals surface area (Å²) in [4.78, 5) is 25.6. The van der Waals surface area contributed by atoms with Gasteiger partial charge in [0.05, 0.1) is 34.9 Å². The van der Waals surface area contributed by atoms with Crippen LogP contribution in [0.2, 0.25) is 0 Å². The molecule has 1 N–H and O–H groups in total. The van der Waals surface area contributed by atoms with Crippen molar-refractivity contribution in [2.24, 2.45) is 7.05 Å². The summed E-state index contributed by atoms with van der Waals surface area (Å²) in [6, 6.07) is 7.01. The summed E-state index contributed by atoms with van der Waals surface area (Å²) in [5, 5.41) is 8.46. The number of benzene rings is 1. The quantitative estimate of drug-likeness (QED) is 0.666. The number of carbonyl (C=O) groups excluding carboxylic acids is 1. The van der Waals surface area contributed by atoms with E-state index in [2.05, 4.69) is 12.2 Å². The number of nitrogens with one attached hydrogen (secondary N) is 1. The average Bonchev–Trinajstić information content (AvgIpc) is 3.38. The Balaban J connectivity index is 1.38. The highest BCUT2D eigenvalue weighted by Gasteiger charge is 2.61. The summed E-state index contributed by atoms with van der Waals surface area (Å²) in [7, 11) is 1.65. The van der Waals surface area contributed by atoms with Gasteiger partial charge in [0, 0.05) is 43.7 Å². The molecule has 2 saturated carbocycles. The molecule has 8 heteroatoms. The van der Waals surface area contributed by atoms with Crippen LogP contribution in [0.5, 0.6) is 5.75 Å². The highest BCUT2D eigenvalue weighted by atomic mass is 16.5. The maximum atomic E-state index is 13.2. The molecule has 166 valence electrons. The van der Waals surface area contributed by atoms with E-state index < -0.39 is 0 Å². The lowest BCUT2D eigenvalue weighted by molar-refractivity contribution is 0.00383. The molecule has 2 saturated heterocycles. The van der Waals surface area contributed by atoms with Gasteiger partial charge in [0.1, 0.15) is 11.4 Å². The molecule has 3 aromatic rings. The molecule has 0 radical (unpaired) electrons. The van der Waals surface area contributed by atoms with Gasteiger partial charge in [-0.2, -0.15) is 5.10 Å². The minimum absolute atomic E-state index is 0.0382. The zero-order valence-corrected chi connectivity index (χ0v) is 18.3. The molecule has 2 aliphatic heterocycles. The van der Waals surface area contributed by atoms with Gasteiger partial charge in [-0.3, -0.25) is 14.3 Å². The molecule has 1 amide bonds. The Morgan fingerprint density at radius 3 is 2.81 bits per heavy atom. The molecule has 4 fully saturated rings. The Bertz CT molecular complexity index is 1300. The predicted octanol–water partition coefficient (Wildman–Crippen LogP) is 3.20. The fourth-order valence-corrected chi connectivity index (χ4v) is 5.20. The number of fused-ring (bicyclic) bond motifs is 2. The van der Waals surface area contributed by atoms with Crippen LogP contribution in [0.25, 0.3) is 10.9 Å². The topological polar surface area (TPSA) is 87.4 Å². The number of anilines is 1. The van der Waals surface area contributed by atoms with Crippen molar-refractivity contribution in [3.8, 4) is 5.75 Å². The number of hydrogen-bond donors (Lipinski definition) is 1. The van der Waals surface area contributed by atoms with Crippen molar-refractivity contribution >= 4 is 22.5 Å². The number of nitrogens with zero attached hydrogens (tertiary/aromatic N) is 3. The fraction of sp³-hybridized carbons (Fsp3) is 0.458. The summed E-state index contributed by atoms with van der Waals surface area (Å²) in [5.41, 5.74) is 1.05. The van der Waals surface area contributed by atoms with Gasteiger partial charge in [-0.25, -0.2) is 0 Å². The second-order valence-corrected chi connectivity index (χ2v) is 9.76. The second-order valence-electron chi connectivity index (χ2n) is 9.76. The van der Waals surface area contributed by atoms with Gasteiger partial charge in [-0.1, -0.05) is 0 Å². The predicted molar refractivity (Wildman–Crippen MR) is 119 cm³/mol. The van der Waals surface area contributed by atoms with Crippen LogP contribution in [-0.4, -0.2) is 38.6 Å². The third kappa shape index (κ3) is 2.97. The van der Waals surface area contributed by atoms with E-state index in [-0.39, 0.29) is 34.4 Å². The van der Waals surface area contributed by atoms with E-state index in [4.69, 9.17) is 14.6 Å². The minimum Gasteiger partial charge on any atom is -0.490 e. The Kier molecular flexibility index (Phi) is 4.08. The van der Waals surface area contributed by atoms with Crippen molar-refractivity contribution in [2.75, 3.05) is 11.9 Å². The van der Waals surface area contributed by atoms with Crippen molar-refractivity contribution in [2.45, 2.75) is 56.3 Å². The van der Waals surface area contributed by atoms with E-state index in [1.165, 1.54) is 4.57 Å². The Morgan fingerprint density at radius 1 is 1.31 bits per heavy atom. The third-order valence-corrected chi connectivity index (χ3v) is 7.15. The monoisotopic (exact) mass is 434 g/mol. The van der Waals surface area contributed by atoms with Crippen LogP contribution in [0.3, 0.4) is 0 Å². The molecule has 32 heavy (non-hydrogen) atoms. The summed E-state index contributed by atoms with van der Waals surface area (Å²) >= 11 is 0. The van der Waals surface area contributed by atoms with Crippen LogP contribution < -0.4 is 15.6 Å². The molecule has 2 aromatic heterocycles. The summed E-state index contributed by atoms with van der Waals surface area (Å²) in [6.07, 6.45) is 8.74. The summed E-state index contributed by atoms with van der Waals surface area (Å²) in [5.74, 6) is 0.146. The Hall–Kier alpha value is -3.13. The number of amides is 1. The van der Waals surface area contributed by atoms with Crippen molar-refractivity contribution in [3.63, 3.8) is 0 Å². The molecule has 4 heterocycles. The molecule has 0 spiro atoms. The molecular weight excluding hydrogens is 408 g/mol. The minimum atomic E-state index is -0.365. The lowest BCUT2D eigenvalue weighted by Gasteiger charge is -2.42. The number of hydrogen-bond acceptors (Lipinski definition) is 5. The zero-order valence-electron chi connectivity index (χ0n) is 18.3. The first-order valence-electron chi connectivity index (χ1n) is 11.2. The maximum Gasteiger partial charge on any atom is 0.274 e. The Labute approximate surface area is 185 Å². The number of pyridine rings is 1. The SMILES string of the molecule is Cn1cccc(NC(=O)c2cc3cn(C45COC(C)(C4)C5)nc3cc2OC2CCC2)c1=O. The van der Waals surface area contributed by atoms with Gasteiger partial charge in [0.15, 0.2) is 0 Å². The molecule has 4 aliphatic rings. The van der Waals surface area contributed by atoms with Gasteiger partial charge in [-0.15, -0.1) is 0 Å². The van der Waals surface area contributed by atoms with Gasteiger partial charge < -0.3 is 19.4 Å². The largest absolute Gasteiger partial charge is 0.490 e. The molecule has 1 aromatic carbocycles. The van der Waals surface area contributed by atoms with Crippen molar-refractivity contribution < 1.29 is 14.3 Å². The first-order chi connectivity index (χ1) is 15.3. The summed E-state index contributed by atoms with van der Waals surface area (Å²) in [6.45, 7) is 2.80. The lowest BCUT2D eigenvalue weighted by Crippen LogP contribution is -2.49. The van der Waals surface area contributed by atoms with Gasteiger partial charge in [0.25, 0.3) is 11.5 Å². The van der Waals surface area contributed by atoms with Crippen LogP contribution in [0, 0.1) is 0 Å².